The van der Waals surface area contributed by atoms with Gasteiger partial charge in [0.25, 0.3) is 0 Å². The molecule has 0 spiro atoms. The molecule has 1 aromatic carbocycles. The maximum absolute atomic E-state index is 5.95. The minimum Gasteiger partial charge on any atom is -0.487 e. The highest BCUT2D eigenvalue weighted by molar-refractivity contribution is 9.10. The van der Waals surface area contributed by atoms with Gasteiger partial charge in [0.15, 0.2) is 0 Å². The molecule has 0 atom stereocenters. The Kier molecular flexibility index (Phi) is 5.30. The molecule has 0 saturated heterocycles. The van der Waals surface area contributed by atoms with Crippen molar-refractivity contribution in [2.24, 2.45) is 0 Å². The van der Waals surface area contributed by atoms with Crippen molar-refractivity contribution in [2.75, 3.05) is 0 Å². The molecular weight excluding hydrogens is 444 g/mol. The van der Waals surface area contributed by atoms with Crippen molar-refractivity contribution in [1.29, 1.82) is 0 Å². The molecule has 0 N–H and O–H groups in total. The molecule has 5 heteroatoms. The van der Waals surface area contributed by atoms with Crippen LogP contribution in [0.2, 0.25) is 0 Å². The van der Waals surface area contributed by atoms with Crippen molar-refractivity contribution in [1.82, 2.24) is 0 Å². The summed E-state index contributed by atoms with van der Waals surface area (Å²) in [6, 6.07) is 6.25. The fourth-order valence-electron chi connectivity index (χ4n) is 1.68. The van der Waals surface area contributed by atoms with Crippen LogP contribution in [0.1, 0.15) is 16.0 Å². The number of alkyl halides is 1. The van der Waals surface area contributed by atoms with E-state index in [4.69, 9.17) is 4.74 Å². The molecule has 1 aromatic heterocycles. The molecule has 0 amide bonds. The second-order valence-corrected chi connectivity index (χ2v) is 7.25. The number of rotatable bonds is 4. The second-order valence-electron chi connectivity index (χ2n) is 3.86. The van der Waals surface area contributed by atoms with E-state index in [1.807, 2.05) is 0 Å². The maximum atomic E-state index is 5.95. The Morgan fingerprint density at radius 3 is 2.56 bits per heavy atom. The Balaban J connectivity index is 2.18. The number of thiophene rings is 1. The molecule has 96 valence electrons. The smallest absolute Gasteiger partial charge is 0.126 e. The Morgan fingerprint density at radius 2 is 1.94 bits per heavy atom. The normalized spacial score (nSPS) is 10.7. The molecule has 0 aliphatic carbocycles. The molecule has 0 fully saturated rings. The van der Waals surface area contributed by atoms with Gasteiger partial charge in [0.1, 0.15) is 12.4 Å². The highest BCUT2D eigenvalue weighted by atomic mass is 79.9. The highest BCUT2D eigenvalue weighted by Crippen LogP contribution is 2.31. The summed E-state index contributed by atoms with van der Waals surface area (Å²) in [5, 5.41) is 2.86. The summed E-state index contributed by atoms with van der Waals surface area (Å²) in [7, 11) is 0. The fourth-order valence-corrected chi connectivity index (χ4v) is 4.08. The molecule has 0 aliphatic heterocycles. The summed E-state index contributed by atoms with van der Waals surface area (Å²) in [5.74, 6) is 0.972. The van der Waals surface area contributed by atoms with Gasteiger partial charge in [-0.3, -0.25) is 0 Å². The number of benzene rings is 1. The number of halogens is 3. The van der Waals surface area contributed by atoms with E-state index < -0.39 is 0 Å². The van der Waals surface area contributed by atoms with Crippen molar-refractivity contribution in [3.05, 3.63) is 48.5 Å². The van der Waals surface area contributed by atoms with Crippen LogP contribution in [0.3, 0.4) is 0 Å². The lowest BCUT2D eigenvalue weighted by molar-refractivity contribution is 0.305. The van der Waals surface area contributed by atoms with E-state index in [0.717, 1.165) is 31.2 Å². The summed E-state index contributed by atoms with van der Waals surface area (Å²) in [5.41, 5.74) is 2.31. The van der Waals surface area contributed by atoms with E-state index in [-0.39, 0.29) is 0 Å². The molecule has 0 unspecified atom stereocenters. The number of hydrogen-bond donors (Lipinski definition) is 0. The zero-order valence-corrected chi connectivity index (χ0v) is 15.2. The van der Waals surface area contributed by atoms with Crippen molar-refractivity contribution in [3.63, 3.8) is 0 Å². The second kappa shape index (κ2) is 6.55. The van der Waals surface area contributed by atoms with Gasteiger partial charge >= 0.3 is 0 Å². The van der Waals surface area contributed by atoms with Crippen LogP contribution in [0.15, 0.2) is 32.5 Å². The predicted octanol–water partition coefficient (Wildman–Crippen LogP) is 6.06. The first-order valence-corrected chi connectivity index (χ1v) is 8.89. The van der Waals surface area contributed by atoms with Gasteiger partial charge in [-0.1, -0.05) is 31.9 Å². The first kappa shape index (κ1) is 14.6. The van der Waals surface area contributed by atoms with Gasteiger partial charge in [-0.15, -0.1) is 11.3 Å². The van der Waals surface area contributed by atoms with Gasteiger partial charge in [-0.2, -0.15) is 0 Å². The Labute approximate surface area is 136 Å². The SMILES string of the molecule is Cc1cc(Br)cc(CBr)c1OCc1cc(Br)cs1. The van der Waals surface area contributed by atoms with Crippen LogP contribution in [-0.4, -0.2) is 0 Å². The minimum absolute atomic E-state index is 0.610. The molecule has 0 saturated carbocycles. The fraction of sp³-hybridized carbons (Fsp3) is 0.231. The molecule has 0 aliphatic rings. The van der Waals surface area contributed by atoms with E-state index in [2.05, 4.69) is 78.3 Å². The topological polar surface area (TPSA) is 9.23 Å². The third kappa shape index (κ3) is 3.59. The highest BCUT2D eigenvalue weighted by Gasteiger charge is 2.09. The Bertz CT molecular complexity index is 551. The van der Waals surface area contributed by atoms with Crippen molar-refractivity contribution in [3.8, 4) is 5.75 Å². The van der Waals surface area contributed by atoms with Crippen LogP contribution in [-0.2, 0) is 11.9 Å². The van der Waals surface area contributed by atoms with E-state index in [1.165, 1.54) is 4.88 Å². The van der Waals surface area contributed by atoms with Gasteiger partial charge in [-0.25, -0.2) is 0 Å². The number of aryl methyl sites for hydroxylation is 1. The van der Waals surface area contributed by atoms with Crippen molar-refractivity contribution in [2.45, 2.75) is 18.9 Å². The van der Waals surface area contributed by atoms with Crippen molar-refractivity contribution < 1.29 is 4.74 Å². The summed E-state index contributed by atoms with van der Waals surface area (Å²) in [4.78, 5) is 1.21. The van der Waals surface area contributed by atoms with Crippen LogP contribution in [0.25, 0.3) is 0 Å². The standard InChI is InChI=1S/C13H11Br3OS/c1-8-2-10(15)3-9(5-14)13(8)17-6-12-4-11(16)7-18-12/h2-4,7H,5-6H2,1H3. The van der Waals surface area contributed by atoms with Gasteiger partial charge in [0.05, 0.1) is 0 Å². The molecule has 2 aromatic rings. The molecule has 2 rings (SSSR count). The van der Waals surface area contributed by atoms with E-state index >= 15 is 0 Å². The predicted molar refractivity (Wildman–Crippen MR) is 87.9 cm³/mol. The van der Waals surface area contributed by atoms with Gasteiger partial charge in [0, 0.05) is 30.1 Å². The Morgan fingerprint density at radius 1 is 1.17 bits per heavy atom. The average molecular weight is 455 g/mol. The Hall–Kier alpha value is 0.160. The lowest BCUT2D eigenvalue weighted by atomic mass is 10.1. The van der Waals surface area contributed by atoms with Crippen LogP contribution in [0, 0.1) is 6.92 Å². The molecule has 0 radical (unpaired) electrons. The third-order valence-electron chi connectivity index (χ3n) is 2.44. The molecule has 1 heterocycles. The summed E-state index contributed by atoms with van der Waals surface area (Å²) < 4.78 is 8.15. The third-order valence-corrected chi connectivity index (χ3v) is 5.17. The summed E-state index contributed by atoms with van der Waals surface area (Å²) >= 11 is 12.2. The monoisotopic (exact) mass is 452 g/mol. The molecule has 1 nitrogen and oxygen atoms in total. The largest absolute Gasteiger partial charge is 0.487 e. The number of hydrogen-bond acceptors (Lipinski definition) is 2. The van der Waals surface area contributed by atoms with E-state index in [1.54, 1.807) is 11.3 Å². The first-order chi connectivity index (χ1) is 8.60. The lowest BCUT2D eigenvalue weighted by Gasteiger charge is -2.13. The van der Waals surface area contributed by atoms with E-state index in [9.17, 15) is 0 Å². The summed E-state index contributed by atoms with van der Waals surface area (Å²) in [6.07, 6.45) is 0. The van der Waals surface area contributed by atoms with Crippen LogP contribution in [0.5, 0.6) is 5.75 Å². The van der Waals surface area contributed by atoms with Crippen LogP contribution < -0.4 is 4.74 Å². The zero-order valence-electron chi connectivity index (χ0n) is 9.67. The van der Waals surface area contributed by atoms with Crippen LogP contribution in [0.4, 0.5) is 0 Å². The van der Waals surface area contributed by atoms with Crippen molar-refractivity contribution >= 4 is 59.1 Å². The van der Waals surface area contributed by atoms with E-state index in [0.29, 0.717) is 6.61 Å². The van der Waals surface area contributed by atoms with Gasteiger partial charge in [-0.05, 0) is 46.6 Å². The average Bonchev–Trinajstić information content (AvgIpc) is 2.73. The lowest BCUT2D eigenvalue weighted by Crippen LogP contribution is -1.98. The summed E-state index contributed by atoms with van der Waals surface area (Å²) in [6.45, 7) is 2.68. The van der Waals surface area contributed by atoms with Gasteiger partial charge < -0.3 is 4.74 Å². The molecule has 0 bridgehead atoms. The van der Waals surface area contributed by atoms with Gasteiger partial charge in [0.2, 0.25) is 0 Å². The molecular formula is C13H11Br3OS. The maximum Gasteiger partial charge on any atom is 0.126 e. The van der Waals surface area contributed by atoms with Crippen LogP contribution >= 0.6 is 59.1 Å². The number of ether oxygens (including phenoxy) is 1. The zero-order chi connectivity index (χ0) is 13.1. The first-order valence-electron chi connectivity index (χ1n) is 5.31. The molecule has 18 heavy (non-hydrogen) atoms. The quantitative estimate of drug-likeness (QED) is 0.510. The minimum atomic E-state index is 0.610.